The Morgan fingerprint density at radius 2 is 1.38 bits per heavy atom. The first kappa shape index (κ1) is 25.2. The van der Waals surface area contributed by atoms with E-state index in [1.165, 1.54) is 6.92 Å². The Labute approximate surface area is 200 Å². The Bertz CT molecular complexity index is 1100. The largest absolute Gasteiger partial charge is 0.512 e. The van der Waals surface area contributed by atoms with E-state index in [0.717, 1.165) is 11.1 Å². The topological polar surface area (TPSA) is 89.9 Å². The molecule has 0 aliphatic heterocycles. The zero-order chi connectivity index (χ0) is 25.0. The van der Waals surface area contributed by atoms with Gasteiger partial charge in [-0.3, -0.25) is 9.59 Å². The Morgan fingerprint density at radius 1 is 0.882 bits per heavy atom. The van der Waals surface area contributed by atoms with Crippen molar-refractivity contribution in [3.8, 4) is 0 Å². The van der Waals surface area contributed by atoms with Gasteiger partial charge in [-0.05, 0) is 45.7 Å². The summed E-state index contributed by atoms with van der Waals surface area (Å²) < 4.78 is 10.8. The highest BCUT2D eigenvalue weighted by molar-refractivity contribution is 6.08. The van der Waals surface area contributed by atoms with E-state index >= 15 is 0 Å². The number of rotatable bonds is 7. The van der Waals surface area contributed by atoms with E-state index in [9.17, 15) is 19.5 Å². The fraction of sp³-hybridized carbons (Fsp3) is 0.393. The van der Waals surface area contributed by atoms with Crippen molar-refractivity contribution in [2.24, 2.45) is 5.41 Å². The van der Waals surface area contributed by atoms with Crippen molar-refractivity contribution < 1.29 is 29.0 Å². The van der Waals surface area contributed by atoms with Crippen molar-refractivity contribution in [1.29, 1.82) is 0 Å². The summed E-state index contributed by atoms with van der Waals surface area (Å²) in [6.07, 6.45) is -0.0715. The average molecular weight is 465 g/mol. The van der Waals surface area contributed by atoms with Crippen LogP contribution in [0.15, 0.2) is 59.9 Å². The molecule has 2 aromatic carbocycles. The molecule has 0 radical (unpaired) electrons. The molecule has 6 heteroatoms. The fourth-order valence-electron chi connectivity index (χ4n) is 4.98. The van der Waals surface area contributed by atoms with Crippen molar-refractivity contribution in [3.05, 3.63) is 82.1 Å². The zero-order valence-corrected chi connectivity index (χ0v) is 20.4. The maximum atomic E-state index is 13.8. The summed E-state index contributed by atoms with van der Waals surface area (Å²) in [5.41, 5.74) is 1.42. The van der Waals surface area contributed by atoms with Crippen LogP contribution in [0.1, 0.15) is 61.3 Å². The third-order valence-corrected chi connectivity index (χ3v) is 6.58. The molecule has 0 bridgehead atoms. The fourth-order valence-corrected chi connectivity index (χ4v) is 4.98. The van der Waals surface area contributed by atoms with Crippen molar-refractivity contribution in [1.82, 2.24) is 0 Å². The molecule has 1 aliphatic carbocycles. The van der Waals surface area contributed by atoms with Crippen LogP contribution in [0.4, 0.5) is 0 Å². The quantitative estimate of drug-likeness (QED) is 0.454. The summed E-state index contributed by atoms with van der Waals surface area (Å²) >= 11 is 0. The number of carbonyl (C=O) groups is 3. The van der Waals surface area contributed by atoms with Crippen LogP contribution in [0.5, 0.6) is 0 Å². The lowest BCUT2D eigenvalue weighted by atomic mass is 9.54. The van der Waals surface area contributed by atoms with Crippen LogP contribution in [0.3, 0.4) is 0 Å². The summed E-state index contributed by atoms with van der Waals surface area (Å²) in [4.78, 5) is 40.5. The summed E-state index contributed by atoms with van der Waals surface area (Å²) in [7, 11) is 0. The average Bonchev–Trinajstić information content (AvgIpc) is 2.79. The van der Waals surface area contributed by atoms with Gasteiger partial charge in [0.1, 0.15) is 17.0 Å². The minimum absolute atomic E-state index is 0.0690. The summed E-state index contributed by atoms with van der Waals surface area (Å²) in [5.74, 6) is -3.90. The maximum absolute atomic E-state index is 13.8. The molecule has 0 saturated heterocycles. The van der Waals surface area contributed by atoms with E-state index < -0.39 is 35.0 Å². The number of hydrogen-bond acceptors (Lipinski definition) is 6. The number of Topliss-reactive ketones (excluding diaryl/α,β-unsaturated/α-hetero) is 1. The molecule has 34 heavy (non-hydrogen) atoms. The first-order valence-electron chi connectivity index (χ1n) is 11.6. The molecule has 1 aliphatic rings. The van der Waals surface area contributed by atoms with Crippen LogP contribution < -0.4 is 0 Å². The molecule has 0 spiro atoms. The molecular weight excluding hydrogens is 432 g/mol. The number of ether oxygens (including phenoxy) is 2. The highest BCUT2D eigenvalue weighted by Crippen LogP contribution is 2.58. The van der Waals surface area contributed by atoms with Crippen molar-refractivity contribution >= 4 is 17.7 Å². The standard InChI is InChI=1S/C28H32O6/c1-6-33-26(31)24-23(30)16-22(20-12-8-17(3)9-13-20)28(19(5)29,27(32)34-7-2)25(24)21-14-10-18(4)11-15-21/h8-15,22,25,30H,6-7,16H2,1-5H3/t22-,25?,28-/m0/s1. The van der Waals surface area contributed by atoms with Crippen LogP contribution in [0, 0.1) is 19.3 Å². The van der Waals surface area contributed by atoms with Gasteiger partial charge in [0.25, 0.3) is 0 Å². The molecular formula is C28H32O6. The number of aryl methyl sites for hydroxylation is 2. The van der Waals surface area contributed by atoms with Gasteiger partial charge in [-0.1, -0.05) is 59.7 Å². The molecule has 6 nitrogen and oxygen atoms in total. The third-order valence-electron chi connectivity index (χ3n) is 6.58. The molecule has 0 amide bonds. The highest BCUT2D eigenvalue weighted by atomic mass is 16.5. The van der Waals surface area contributed by atoms with Crippen LogP contribution in [0.25, 0.3) is 0 Å². The summed E-state index contributed by atoms with van der Waals surface area (Å²) in [6.45, 7) is 8.71. The second kappa shape index (κ2) is 10.2. The minimum Gasteiger partial charge on any atom is -0.512 e. The normalized spacial score (nSPS) is 22.3. The molecule has 0 fully saturated rings. The molecule has 1 N–H and O–H groups in total. The summed E-state index contributed by atoms with van der Waals surface area (Å²) in [5, 5.41) is 11.2. The number of aliphatic hydroxyl groups is 1. The van der Waals surface area contributed by atoms with E-state index in [1.54, 1.807) is 26.0 Å². The van der Waals surface area contributed by atoms with Crippen molar-refractivity contribution in [3.63, 3.8) is 0 Å². The number of aliphatic hydroxyl groups excluding tert-OH is 1. The molecule has 0 saturated carbocycles. The zero-order valence-electron chi connectivity index (χ0n) is 20.4. The SMILES string of the molecule is CCOC(=O)C1=C(O)C[C@@H](c2ccc(C)cc2)[C@](C(C)=O)(C(=O)OCC)C1c1ccc(C)cc1. The lowest BCUT2D eigenvalue weighted by Gasteiger charge is -2.46. The first-order valence-corrected chi connectivity index (χ1v) is 11.6. The molecule has 180 valence electrons. The van der Waals surface area contributed by atoms with Crippen LogP contribution >= 0.6 is 0 Å². The number of ketones is 1. The third kappa shape index (κ3) is 4.37. The number of hydrogen-bond donors (Lipinski definition) is 1. The van der Waals surface area contributed by atoms with Crippen LogP contribution in [-0.2, 0) is 23.9 Å². The highest BCUT2D eigenvalue weighted by Gasteiger charge is 2.62. The number of benzene rings is 2. The molecule has 3 rings (SSSR count). The van der Waals surface area contributed by atoms with Gasteiger partial charge >= 0.3 is 11.9 Å². The minimum atomic E-state index is -1.77. The van der Waals surface area contributed by atoms with E-state index in [4.69, 9.17) is 9.47 Å². The summed E-state index contributed by atoms with van der Waals surface area (Å²) in [6, 6.07) is 14.8. The lowest BCUT2D eigenvalue weighted by Crippen LogP contribution is -2.53. The molecule has 1 unspecified atom stereocenters. The molecule has 3 atom stereocenters. The Balaban J connectivity index is 2.42. The van der Waals surface area contributed by atoms with Gasteiger partial charge in [0.15, 0.2) is 0 Å². The smallest absolute Gasteiger partial charge is 0.338 e. The van der Waals surface area contributed by atoms with Crippen LogP contribution in [-0.4, -0.2) is 36.0 Å². The lowest BCUT2D eigenvalue weighted by molar-refractivity contribution is -0.164. The number of allylic oxidation sites excluding steroid dienone is 1. The second-order valence-corrected chi connectivity index (χ2v) is 8.74. The van der Waals surface area contributed by atoms with Gasteiger partial charge in [-0.2, -0.15) is 0 Å². The maximum Gasteiger partial charge on any atom is 0.338 e. The monoisotopic (exact) mass is 464 g/mol. The van der Waals surface area contributed by atoms with E-state index in [0.29, 0.717) is 11.1 Å². The predicted octanol–water partition coefficient (Wildman–Crippen LogP) is 5.09. The van der Waals surface area contributed by atoms with Crippen LogP contribution in [0.2, 0.25) is 0 Å². The van der Waals surface area contributed by atoms with Crippen molar-refractivity contribution in [2.75, 3.05) is 13.2 Å². The molecule has 0 aromatic heterocycles. The Kier molecular flexibility index (Phi) is 7.60. The Hall–Kier alpha value is -3.41. The van der Waals surface area contributed by atoms with Gasteiger partial charge in [-0.15, -0.1) is 0 Å². The number of esters is 2. The molecule has 2 aromatic rings. The van der Waals surface area contributed by atoms with Gasteiger partial charge < -0.3 is 14.6 Å². The molecule has 0 heterocycles. The van der Waals surface area contributed by atoms with E-state index in [2.05, 4.69) is 0 Å². The number of carbonyl (C=O) groups excluding carboxylic acids is 3. The second-order valence-electron chi connectivity index (χ2n) is 8.74. The predicted molar refractivity (Wildman–Crippen MR) is 128 cm³/mol. The van der Waals surface area contributed by atoms with Gasteiger partial charge in [0.2, 0.25) is 0 Å². The van der Waals surface area contributed by atoms with E-state index in [1.807, 2.05) is 50.2 Å². The van der Waals surface area contributed by atoms with Gasteiger partial charge in [0, 0.05) is 18.3 Å². The van der Waals surface area contributed by atoms with E-state index in [-0.39, 0.29) is 31.0 Å². The van der Waals surface area contributed by atoms with Gasteiger partial charge in [-0.25, -0.2) is 4.79 Å². The van der Waals surface area contributed by atoms with Gasteiger partial charge in [0.05, 0.1) is 18.8 Å². The first-order chi connectivity index (χ1) is 16.2. The Morgan fingerprint density at radius 3 is 1.85 bits per heavy atom. The van der Waals surface area contributed by atoms with Crippen molar-refractivity contribution in [2.45, 2.75) is 52.9 Å².